The monoisotopic (exact) mass is 205 g/mol. The molecule has 2 heterocycles. The lowest BCUT2D eigenvalue weighted by molar-refractivity contribution is 0.139. The number of likely N-dealkylation sites (N-methyl/N-ethyl adjacent to an activating group) is 1. The molecule has 0 aromatic heterocycles. The van der Waals surface area contributed by atoms with Crippen molar-refractivity contribution in [1.29, 1.82) is 0 Å². The van der Waals surface area contributed by atoms with E-state index < -0.39 is 15.9 Å². The van der Waals surface area contributed by atoms with Crippen LogP contribution in [0.5, 0.6) is 0 Å². The predicted octanol–water partition coefficient (Wildman–Crippen LogP) is -0.376. The van der Waals surface area contributed by atoms with E-state index in [0.717, 1.165) is 0 Å². The van der Waals surface area contributed by atoms with Gasteiger partial charge in [0.2, 0.25) is 0 Å². The second kappa shape index (κ2) is 2.60. The van der Waals surface area contributed by atoms with Crippen molar-refractivity contribution in [3.63, 3.8) is 0 Å². The van der Waals surface area contributed by atoms with Gasteiger partial charge in [-0.25, -0.2) is 13.2 Å². The van der Waals surface area contributed by atoms with Crippen LogP contribution in [-0.2, 0) is 14.6 Å². The molecular weight excluding hydrogens is 194 g/mol. The molecule has 0 aromatic carbocycles. The SMILES string of the molecule is CCN1C(=O)O[C@H]2CS(=O)(=O)C[C@H]21. The zero-order valence-electron chi connectivity index (χ0n) is 7.26. The van der Waals surface area contributed by atoms with Crippen molar-refractivity contribution in [2.24, 2.45) is 0 Å². The first-order chi connectivity index (χ1) is 6.03. The Morgan fingerprint density at radius 3 is 2.85 bits per heavy atom. The molecule has 1 amide bonds. The van der Waals surface area contributed by atoms with Gasteiger partial charge in [-0.2, -0.15) is 0 Å². The highest BCUT2D eigenvalue weighted by Gasteiger charge is 2.50. The third kappa shape index (κ3) is 1.29. The zero-order valence-corrected chi connectivity index (χ0v) is 8.08. The summed E-state index contributed by atoms with van der Waals surface area (Å²) >= 11 is 0. The second-order valence-corrected chi connectivity index (χ2v) is 5.51. The third-order valence-electron chi connectivity index (χ3n) is 2.50. The molecule has 2 aliphatic heterocycles. The third-order valence-corrected chi connectivity index (χ3v) is 4.19. The largest absolute Gasteiger partial charge is 0.443 e. The summed E-state index contributed by atoms with van der Waals surface area (Å²) in [5.41, 5.74) is 0. The smallest absolute Gasteiger partial charge is 0.410 e. The van der Waals surface area contributed by atoms with E-state index in [-0.39, 0.29) is 23.6 Å². The van der Waals surface area contributed by atoms with Gasteiger partial charge in [0.25, 0.3) is 0 Å². The summed E-state index contributed by atoms with van der Waals surface area (Å²) in [4.78, 5) is 12.6. The first-order valence-corrected chi connectivity index (χ1v) is 6.03. The first-order valence-electron chi connectivity index (χ1n) is 4.21. The van der Waals surface area contributed by atoms with Crippen LogP contribution in [0.15, 0.2) is 0 Å². The minimum absolute atomic E-state index is 0.0140. The highest BCUT2D eigenvalue weighted by Crippen LogP contribution is 2.27. The van der Waals surface area contributed by atoms with Gasteiger partial charge in [0.05, 0.1) is 17.5 Å². The van der Waals surface area contributed by atoms with Crippen LogP contribution in [0, 0.1) is 0 Å². The van der Waals surface area contributed by atoms with Gasteiger partial charge < -0.3 is 9.64 Å². The molecule has 0 spiro atoms. The van der Waals surface area contributed by atoms with Crippen molar-refractivity contribution in [3.05, 3.63) is 0 Å². The van der Waals surface area contributed by atoms with Crippen LogP contribution in [0.1, 0.15) is 6.92 Å². The molecular formula is C7H11NO4S. The van der Waals surface area contributed by atoms with Gasteiger partial charge in [-0.1, -0.05) is 0 Å². The maximum atomic E-state index is 11.2. The summed E-state index contributed by atoms with van der Waals surface area (Å²) in [6.07, 6.45) is -0.815. The minimum atomic E-state index is -2.99. The fourth-order valence-electron chi connectivity index (χ4n) is 1.90. The summed E-state index contributed by atoms with van der Waals surface area (Å²) in [5.74, 6) is 0.0388. The molecule has 0 N–H and O–H groups in total. The van der Waals surface area contributed by atoms with Crippen molar-refractivity contribution < 1.29 is 17.9 Å². The number of carbonyl (C=O) groups excluding carboxylic acids is 1. The molecule has 6 heteroatoms. The van der Waals surface area contributed by atoms with Crippen molar-refractivity contribution in [2.75, 3.05) is 18.1 Å². The Labute approximate surface area is 76.6 Å². The molecule has 2 atom stereocenters. The van der Waals surface area contributed by atoms with Gasteiger partial charge in [-0.3, -0.25) is 0 Å². The Bertz CT molecular complexity index is 336. The zero-order chi connectivity index (χ0) is 9.64. The summed E-state index contributed by atoms with van der Waals surface area (Å²) in [6.45, 7) is 2.32. The molecule has 2 saturated heterocycles. The molecule has 2 fully saturated rings. The summed E-state index contributed by atoms with van der Waals surface area (Å²) in [5, 5.41) is 0. The molecule has 2 rings (SSSR count). The highest BCUT2D eigenvalue weighted by molar-refractivity contribution is 7.91. The Balaban J connectivity index is 2.24. The topological polar surface area (TPSA) is 63.7 Å². The normalized spacial score (nSPS) is 36.1. The van der Waals surface area contributed by atoms with Gasteiger partial charge in [0.15, 0.2) is 9.84 Å². The molecule has 0 unspecified atom stereocenters. The summed E-state index contributed by atoms with van der Waals surface area (Å²) in [6, 6.07) is -0.248. The van der Waals surface area contributed by atoms with Crippen LogP contribution in [0.3, 0.4) is 0 Å². The number of sulfone groups is 1. The molecule has 13 heavy (non-hydrogen) atoms. The van der Waals surface area contributed by atoms with Crippen LogP contribution >= 0.6 is 0 Å². The number of amides is 1. The van der Waals surface area contributed by atoms with E-state index in [1.165, 1.54) is 4.90 Å². The van der Waals surface area contributed by atoms with Crippen LogP contribution < -0.4 is 0 Å². The van der Waals surface area contributed by atoms with Gasteiger partial charge in [-0.05, 0) is 6.92 Å². The lowest BCUT2D eigenvalue weighted by Gasteiger charge is -2.16. The van der Waals surface area contributed by atoms with E-state index >= 15 is 0 Å². The van der Waals surface area contributed by atoms with E-state index in [2.05, 4.69) is 0 Å². The van der Waals surface area contributed by atoms with Gasteiger partial charge in [0, 0.05) is 6.54 Å². The molecule has 2 aliphatic rings. The van der Waals surface area contributed by atoms with Gasteiger partial charge >= 0.3 is 6.09 Å². The molecule has 0 aliphatic carbocycles. The molecule has 0 radical (unpaired) electrons. The lowest BCUT2D eigenvalue weighted by Crippen LogP contribution is -2.36. The van der Waals surface area contributed by atoms with Crippen molar-refractivity contribution in [3.8, 4) is 0 Å². The van der Waals surface area contributed by atoms with E-state index in [9.17, 15) is 13.2 Å². The number of rotatable bonds is 1. The summed E-state index contributed by atoms with van der Waals surface area (Å²) in [7, 11) is -2.99. The fraction of sp³-hybridized carbons (Fsp3) is 0.857. The number of nitrogens with zero attached hydrogens (tertiary/aromatic N) is 1. The van der Waals surface area contributed by atoms with Crippen LogP contribution in [0.4, 0.5) is 4.79 Å². The Kier molecular flexibility index (Phi) is 1.76. The van der Waals surface area contributed by atoms with Crippen LogP contribution in [0.25, 0.3) is 0 Å². The van der Waals surface area contributed by atoms with Crippen LogP contribution in [-0.4, -0.2) is 49.6 Å². The maximum Gasteiger partial charge on any atom is 0.410 e. The maximum absolute atomic E-state index is 11.2. The predicted molar refractivity (Wildman–Crippen MR) is 45.1 cm³/mol. The summed E-state index contributed by atoms with van der Waals surface area (Å²) < 4.78 is 27.3. The standard InChI is InChI=1S/C7H11NO4S/c1-2-8-5-3-13(10,11)4-6(5)12-7(8)9/h5-6H,2-4H2,1H3/t5-,6+/m1/s1. The average Bonchev–Trinajstić information content (AvgIpc) is 2.39. The number of hydrogen-bond donors (Lipinski definition) is 0. The second-order valence-electron chi connectivity index (χ2n) is 3.35. The molecule has 0 aromatic rings. The van der Waals surface area contributed by atoms with E-state index in [0.29, 0.717) is 6.54 Å². The number of ether oxygens (including phenoxy) is 1. The minimum Gasteiger partial charge on any atom is -0.443 e. The van der Waals surface area contributed by atoms with E-state index in [1.54, 1.807) is 0 Å². The van der Waals surface area contributed by atoms with Crippen molar-refractivity contribution in [1.82, 2.24) is 4.90 Å². The Hall–Kier alpha value is -0.780. The molecule has 0 bridgehead atoms. The average molecular weight is 205 g/mol. The number of fused-ring (bicyclic) bond motifs is 1. The number of carbonyl (C=O) groups is 1. The van der Waals surface area contributed by atoms with Crippen molar-refractivity contribution >= 4 is 15.9 Å². The Morgan fingerprint density at radius 1 is 1.54 bits per heavy atom. The van der Waals surface area contributed by atoms with Gasteiger partial charge in [0.1, 0.15) is 6.10 Å². The molecule has 74 valence electrons. The Morgan fingerprint density at radius 2 is 2.23 bits per heavy atom. The van der Waals surface area contributed by atoms with Crippen LogP contribution in [0.2, 0.25) is 0 Å². The highest BCUT2D eigenvalue weighted by atomic mass is 32.2. The van der Waals surface area contributed by atoms with E-state index in [4.69, 9.17) is 4.74 Å². The number of hydrogen-bond acceptors (Lipinski definition) is 4. The van der Waals surface area contributed by atoms with Crippen molar-refractivity contribution in [2.45, 2.75) is 19.1 Å². The van der Waals surface area contributed by atoms with E-state index in [1.807, 2.05) is 6.92 Å². The lowest BCUT2D eigenvalue weighted by atomic mass is 10.2. The molecule has 0 saturated carbocycles. The molecule has 5 nitrogen and oxygen atoms in total. The quantitative estimate of drug-likeness (QED) is 0.585. The first kappa shape index (κ1) is 8.80. The van der Waals surface area contributed by atoms with Gasteiger partial charge in [-0.15, -0.1) is 0 Å². The fourth-order valence-corrected chi connectivity index (χ4v) is 3.74.